The average molecular weight is 551 g/mol. The van der Waals surface area contributed by atoms with Crippen LogP contribution in [0.4, 0.5) is 0 Å². The zero-order valence-corrected chi connectivity index (χ0v) is 24.2. The minimum absolute atomic E-state index is 0.135. The largest absolute Gasteiger partial charge is 0.492 e. The third kappa shape index (κ3) is 5.19. The van der Waals surface area contributed by atoms with Crippen LogP contribution in [0.5, 0.6) is 5.75 Å². The van der Waals surface area contributed by atoms with E-state index in [1.807, 2.05) is 0 Å². The van der Waals surface area contributed by atoms with E-state index in [-0.39, 0.29) is 14.9 Å². The van der Waals surface area contributed by atoms with Crippen LogP contribution in [0.25, 0.3) is 0 Å². The predicted molar refractivity (Wildman–Crippen MR) is 158 cm³/mol. The van der Waals surface area contributed by atoms with Gasteiger partial charge in [-0.15, -0.1) is 23.5 Å². The summed E-state index contributed by atoms with van der Waals surface area (Å²) >= 11 is 6.33. The second-order valence-corrected chi connectivity index (χ2v) is 15.2. The van der Waals surface area contributed by atoms with Gasteiger partial charge >= 0.3 is 0 Å². The van der Waals surface area contributed by atoms with E-state index in [0.717, 1.165) is 15.7 Å². The second kappa shape index (κ2) is 10.4. The molecule has 0 aliphatic carbocycles. The summed E-state index contributed by atoms with van der Waals surface area (Å²) in [6.45, 7) is 9.76. The minimum atomic E-state index is -0.228. The van der Waals surface area contributed by atoms with Crippen molar-refractivity contribution >= 4 is 46.2 Å². The van der Waals surface area contributed by atoms with Gasteiger partial charge in [0.05, 0.1) is 13.7 Å². The highest BCUT2D eigenvalue weighted by Gasteiger charge is 2.31. The Hall–Kier alpha value is -1.99. The Kier molecular flexibility index (Phi) is 7.42. The van der Waals surface area contributed by atoms with Crippen molar-refractivity contribution in [3.63, 3.8) is 0 Å². The first-order valence-electron chi connectivity index (χ1n) is 12.1. The van der Waals surface area contributed by atoms with E-state index in [0.29, 0.717) is 11.9 Å². The monoisotopic (exact) mass is 550 g/mol. The Balaban J connectivity index is 1.48. The van der Waals surface area contributed by atoms with E-state index < -0.39 is 0 Å². The molecule has 0 saturated heterocycles. The third-order valence-corrected chi connectivity index (χ3v) is 12.6. The van der Waals surface area contributed by atoms with Crippen molar-refractivity contribution in [3.8, 4) is 5.75 Å². The molecule has 3 aromatic carbocycles. The second-order valence-electron chi connectivity index (χ2n) is 10.1. The molecule has 2 nitrogen and oxygen atoms in total. The zero-order chi connectivity index (χ0) is 25.3. The van der Waals surface area contributed by atoms with Gasteiger partial charge in [-0.25, -0.2) is 0 Å². The summed E-state index contributed by atoms with van der Waals surface area (Å²) in [6, 6.07) is 28.1. The summed E-state index contributed by atoms with van der Waals surface area (Å²) in [5.74, 6) is 1.90. The predicted octanol–water partition coefficient (Wildman–Crippen LogP) is 8.47. The molecule has 1 aromatic heterocycles. The van der Waals surface area contributed by atoms with Crippen molar-refractivity contribution in [2.45, 2.75) is 52.2 Å². The quantitative estimate of drug-likeness (QED) is 0.231. The van der Waals surface area contributed by atoms with Crippen molar-refractivity contribution in [3.05, 3.63) is 110 Å². The molecule has 0 N–H and O–H groups in total. The van der Waals surface area contributed by atoms with Crippen LogP contribution in [0, 0.1) is 0 Å². The molecule has 186 valence electrons. The molecule has 0 bridgehead atoms. The van der Waals surface area contributed by atoms with Gasteiger partial charge in [-0.2, -0.15) is 0 Å². The molecule has 0 amide bonds. The molecule has 0 saturated carbocycles. The molecule has 2 heterocycles. The summed E-state index contributed by atoms with van der Waals surface area (Å²) in [7, 11) is 0. The van der Waals surface area contributed by atoms with Crippen molar-refractivity contribution in [2.24, 2.45) is 0 Å². The highest BCUT2D eigenvalue weighted by Crippen LogP contribution is 2.46. The molecular weight excluding hydrogens is 521 g/mol. The van der Waals surface area contributed by atoms with Crippen LogP contribution in [-0.2, 0) is 10.8 Å². The van der Waals surface area contributed by atoms with E-state index in [9.17, 15) is 4.79 Å². The lowest BCUT2D eigenvalue weighted by molar-refractivity contribution is 0.315. The number of thioether (sulfide) groups is 2. The number of benzene rings is 3. The normalized spacial score (nSPS) is 15.9. The number of hydrogen-bond donors (Lipinski definition) is 0. The molecule has 36 heavy (non-hydrogen) atoms. The van der Waals surface area contributed by atoms with E-state index in [1.165, 1.54) is 49.1 Å². The van der Waals surface area contributed by atoms with Gasteiger partial charge in [0.2, 0.25) is 0 Å². The van der Waals surface area contributed by atoms with Crippen LogP contribution in [0.2, 0.25) is 0 Å². The lowest BCUT2D eigenvalue weighted by Gasteiger charge is -2.33. The number of hydrogen-bond acceptors (Lipinski definition) is 6. The van der Waals surface area contributed by atoms with Gasteiger partial charge in [0.1, 0.15) is 12.4 Å². The molecule has 4 aromatic rings. The molecule has 6 heteroatoms. The lowest BCUT2D eigenvalue weighted by atomic mass is 9.73. The van der Waals surface area contributed by atoms with E-state index in [1.54, 1.807) is 23.5 Å². The third-order valence-electron chi connectivity index (χ3n) is 6.98. The summed E-state index contributed by atoms with van der Waals surface area (Å²) < 4.78 is 9.08. The van der Waals surface area contributed by atoms with E-state index in [2.05, 4.69) is 107 Å². The number of ether oxygens (including phenoxy) is 1. The summed E-state index contributed by atoms with van der Waals surface area (Å²) in [5.41, 5.74) is 4.67. The fourth-order valence-electron chi connectivity index (χ4n) is 4.60. The summed E-state index contributed by atoms with van der Waals surface area (Å²) in [4.78, 5) is 11.8. The number of fused-ring (bicyclic) bond motifs is 1. The number of rotatable bonds is 7. The fraction of sp³-hybridized carbons (Fsp3) is 0.300. The van der Waals surface area contributed by atoms with E-state index in [4.69, 9.17) is 4.74 Å². The Bertz CT molecular complexity index is 1390. The fourth-order valence-corrected chi connectivity index (χ4v) is 10.3. The summed E-state index contributed by atoms with van der Waals surface area (Å²) in [5, 5.41) is 0.320. The van der Waals surface area contributed by atoms with Crippen molar-refractivity contribution in [2.75, 3.05) is 12.4 Å². The standard InChI is InChI=1S/C30H30O2S4/c1-29(2,20-11-7-5-8-12-20)22-15-16-25(24(17-22)30(3,4)21-13-9-6-10-14-21)32-18-23-19-33-26-27(34-23)36-28(31)35-26/h5-17,23H,18-19H2,1-4H3. The Morgan fingerprint density at radius 2 is 1.39 bits per heavy atom. The highest BCUT2D eigenvalue weighted by molar-refractivity contribution is 8.08. The average Bonchev–Trinajstić information content (AvgIpc) is 3.27. The van der Waals surface area contributed by atoms with Gasteiger partial charge in [0, 0.05) is 22.1 Å². The lowest BCUT2D eigenvalue weighted by Crippen LogP contribution is -2.25. The SMILES string of the molecule is CC(C)(c1ccccc1)c1ccc(OCC2CSc3sc(=O)sc3S2)c(C(C)(C)c2ccccc2)c1. The zero-order valence-electron chi connectivity index (χ0n) is 20.9. The topological polar surface area (TPSA) is 26.3 Å². The van der Waals surface area contributed by atoms with Crippen LogP contribution in [-0.4, -0.2) is 17.6 Å². The smallest absolute Gasteiger partial charge is 0.289 e. The van der Waals surface area contributed by atoms with Crippen molar-refractivity contribution in [1.82, 2.24) is 0 Å². The van der Waals surface area contributed by atoms with Crippen LogP contribution in [0.1, 0.15) is 49.9 Å². The van der Waals surface area contributed by atoms with Gasteiger partial charge in [-0.3, -0.25) is 4.79 Å². The van der Waals surface area contributed by atoms with Crippen molar-refractivity contribution in [1.29, 1.82) is 0 Å². The van der Waals surface area contributed by atoms with Crippen molar-refractivity contribution < 1.29 is 4.74 Å². The molecule has 1 unspecified atom stereocenters. The molecule has 0 spiro atoms. The Morgan fingerprint density at radius 3 is 2.06 bits per heavy atom. The van der Waals surface area contributed by atoms with Gasteiger partial charge in [-0.1, -0.05) is 123 Å². The maximum Gasteiger partial charge on any atom is 0.289 e. The Morgan fingerprint density at radius 1 is 0.778 bits per heavy atom. The maximum atomic E-state index is 11.8. The van der Waals surface area contributed by atoms with Crippen LogP contribution < -0.4 is 8.79 Å². The van der Waals surface area contributed by atoms with Gasteiger partial charge in [0.25, 0.3) is 4.06 Å². The van der Waals surface area contributed by atoms with Gasteiger partial charge < -0.3 is 4.74 Å². The maximum absolute atomic E-state index is 11.8. The first-order chi connectivity index (χ1) is 17.2. The van der Waals surface area contributed by atoms with Crippen LogP contribution >= 0.6 is 46.2 Å². The van der Waals surface area contributed by atoms with Gasteiger partial charge in [-0.05, 0) is 22.8 Å². The molecule has 1 atom stereocenters. The summed E-state index contributed by atoms with van der Waals surface area (Å²) in [6.07, 6.45) is 0. The highest BCUT2D eigenvalue weighted by atomic mass is 32.2. The molecule has 1 aliphatic rings. The molecule has 5 rings (SSSR count). The minimum Gasteiger partial charge on any atom is -0.492 e. The van der Waals surface area contributed by atoms with Crippen LogP contribution in [0.15, 0.2) is 92.1 Å². The molecular formula is C30H30O2S4. The Labute approximate surface area is 230 Å². The van der Waals surface area contributed by atoms with E-state index >= 15 is 0 Å². The van der Waals surface area contributed by atoms with Crippen LogP contribution in [0.3, 0.4) is 0 Å². The first kappa shape index (κ1) is 25.7. The van der Waals surface area contributed by atoms with Gasteiger partial charge in [0.15, 0.2) is 0 Å². The molecule has 0 fully saturated rings. The molecule has 1 aliphatic heterocycles. The first-order valence-corrected chi connectivity index (χ1v) is 15.6. The molecule has 0 radical (unpaired) electrons.